The molecule has 0 aliphatic carbocycles. The lowest BCUT2D eigenvalue weighted by Crippen LogP contribution is -2.28. The summed E-state index contributed by atoms with van der Waals surface area (Å²) >= 11 is 0. The molecule has 0 fully saturated rings. The summed E-state index contributed by atoms with van der Waals surface area (Å²) in [6.45, 7) is 6.19. The van der Waals surface area contributed by atoms with Crippen LogP contribution in [0.5, 0.6) is 0 Å². The van der Waals surface area contributed by atoms with E-state index >= 15 is 0 Å². The van der Waals surface area contributed by atoms with E-state index in [1.54, 1.807) is 13.2 Å². The summed E-state index contributed by atoms with van der Waals surface area (Å²) in [6, 6.07) is -0.189. The topological polar surface area (TPSA) is 41.1 Å². The molecule has 0 rings (SSSR count). The largest absolute Gasteiger partial charge is 0.341 e. The molecule has 2 N–H and O–H groups in total. The minimum atomic E-state index is -0.189. The zero-order chi connectivity index (χ0) is 8.91. The lowest BCUT2D eigenvalue weighted by atomic mass is 9.97. The Morgan fingerprint density at radius 1 is 1.36 bits per heavy atom. The quantitative estimate of drug-likeness (QED) is 0.593. The molecule has 0 atom stereocenters. The summed E-state index contributed by atoms with van der Waals surface area (Å²) in [7, 11) is 1.58. The number of rotatable bonds is 1. The van der Waals surface area contributed by atoms with Crippen LogP contribution in [-0.2, 0) is 0 Å². The van der Waals surface area contributed by atoms with Gasteiger partial charge in [0.25, 0.3) is 0 Å². The molecule has 0 spiro atoms. The average molecular weight is 156 g/mol. The van der Waals surface area contributed by atoms with Crippen molar-refractivity contribution >= 4 is 6.03 Å². The standard InChI is InChI=1S/C8H16N2O/c1-8(2,3)5-6-10-7(11)9-4/h5-6H,1-4H3,(H2,9,10,11)/b6-5+. The fraction of sp³-hybridized carbons (Fsp3) is 0.625. The maximum atomic E-state index is 10.6. The maximum absolute atomic E-state index is 10.6. The molecular weight excluding hydrogens is 140 g/mol. The number of carbonyl (C=O) groups excluding carboxylic acids is 1. The Kier molecular flexibility index (Phi) is 3.65. The molecule has 0 aromatic rings. The van der Waals surface area contributed by atoms with Gasteiger partial charge in [0.1, 0.15) is 0 Å². The van der Waals surface area contributed by atoms with Gasteiger partial charge in [-0.05, 0) is 5.41 Å². The monoisotopic (exact) mass is 156 g/mol. The van der Waals surface area contributed by atoms with Crippen LogP contribution >= 0.6 is 0 Å². The highest BCUT2D eigenvalue weighted by Crippen LogP contribution is 2.13. The van der Waals surface area contributed by atoms with Crippen molar-refractivity contribution in [3.05, 3.63) is 12.3 Å². The van der Waals surface area contributed by atoms with E-state index in [4.69, 9.17) is 0 Å². The molecule has 0 unspecified atom stereocenters. The van der Waals surface area contributed by atoms with Gasteiger partial charge in [-0.25, -0.2) is 4.79 Å². The lowest BCUT2D eigenvalue weighted by molar-refractivity contribution is 0.246. The van der Waals surface area contributed by atoms with E-state index in [1.165, 1.54) is 0 Å². The number of nitrogens with one attached hydrogen (secondary N) is 2. The molecule has 0 bridgehead atoms. The number of carbonyl (C=O) groups is 1. The molecular formula is C8H16N2O. The fourth-order valence-electron chi connectivity index (χ4n) is 0.440. The Balaban J connectivity index is 3.70. The summed E-state index contributed by atoms with van der Waals surface area (Å²) in [5.74, 6) is 0. The van der Waals surface area contributed by atoms with E-state index in [0.717, 1.165) is 0 Å². The molecule has 0 aliphatic rings. The van der Waals surface area contributed by atoms with Crippen LogP contribution < -0.4 is 10.6 Å². The molecule has 0 saturated carbocycles. The maximum Gasteiger partial charge on any atom is 0.318 e. The SMILES string of the molecule is CNC(=O)N/C=C/C(C)(C)C. The van der Waals surface area contributed by atoms with E-state index in [0.29, 0.717) is 0 Å². The van der Waals surface area contributed by atoms with Gasteiger partial charge in [0, 0.05) is 13.2 Å². The second-order valence-electron chi connectivity index (χ2n) is 3.42. The van der Waals surface area contributed by atoms with E-state index in [1.807, 2.05) is 6.08 Å². The van der Waals surface area contributed by atoms with E-state index in [9.17, 15) is 4.79 Å². The first-order chi connectivity index (χ1) is 4.95. The van der Waals surface area contributed by atoms with Crippen molar-refractivity contribution < 1.29 is 4.79 Å². The Morgan fingerprint density at radius 3 is 2.27 bits per heavy atom. The lowest BCUT2D eigenvalue weighted by Gasteiger charge is -2.10. The third-order valence-corrected chi connectivity index (χ3v) is 1.02. The van der Waals surface area contributed by atoms with Crippen LogP contribution in [0.4, 0.5) is 4.79 Å². The van der Waals surface area contributed by atoms with Crippen molar-refractivity contribution in [2.75, 3.05) is 7.05 Å². The zero-order valence-corrected chi connectivity index (χ0v) is 7.56. The van der Waals surface area contributed by atoms with Gasteiger partial charge in [-0.15, -0.1) is 0 Å². The average Bonchev–Trinajstić information content (AvgIpc) is 1.85. The Bertz CT molecular complexity index is 156. The van der Waals surface area contributed by atoms with Crippen molar-refractivity contribution in [1.82, 2.24) is 10.6 Å². The molecule has 3 heteroatoms. The van der Waals surface area contributed by atoms with Crippen LogP contribution in [0.15, 0.2) is 12.3 Å². The van der Waals surface area contributed by atoms with Crippen molar-refractivity contribution in [3.63, 3.8) is 0 Å². The number of amides is 2. The molecule has 2 amide bonds. The molecule has 11 heavy (non-hydrogen) atoms. The van der Waals surface area contributed by atoms with Crippen molar-refractivity contribution in [3.8, 4) is 0 Å². The fourth-order valence-corrected chi connectivity index (χ4v) is 0.440. The van der Waals surface area contributed by atoms with Crippen LogP contribution in [-0.4, -0.2) is 13.1 Å². The smallest absolute Gasteiger partial charge is 0.318 e. The van der Waals surface area contributed by atoms with Crippen LogP contribution in [0.1, 0.15) is 20.8 Å². The molecule has 3 nitrogen and oxygen atoms in total. The van der Waals surface area contributed by atoms with Crippen LogP contribution in [0.3, 0.4) is 0 Å². The van der Waals surface area contributed by atoms with Crippen molar-refractivity contribution in [2.24, 2.45) is 5.41 Å². The number of hydrogen-bond acceptors (Lipinski definition) is 1. The minimum absolute atomic E-state index is 0.112. The van der Waals surface area contributed by atoms with Gasteiger partial charge in [0.05, 0.1) is 0 Å². The van der Waals surface area contributed by atoms with E-state index in [-0.39, 0.29) is 11.4 Å². The molecule has 0 aromatic carbocycles. The predicted molar refractivity (Wildman–Crippen MR) is 46.2 cm³/mol. The van der Waals surface area contributed by atoms with Crippen molar-refractivity contribution in [1.29, 1.82) is 0 Å². The van der Waals surface area contributed by atoms with Gasteiger partial charge in [0.15, 0.2) is 0 Å². The molecule has 0 saturated heterocycles. The molecule has 0 aliphatic heterocycles. The number of hydrogen-bond donors (Lipinski definition) is 2. The third-order valence-electron chi connectivity index (χ3n) is 1.02. The highest BCUT2D eigenvalue weighted by Gasteiger charge is 2.03. The van der Waals surface area contributed by atoms with Gasteiger partial charge in [-0.3, -0.25) is 0 Å². The van der Waals surface area contributed by atoms with Gasteiger partial charge in [-0.1, -0.05) is 26.8 Å². The normalized spacial score (nSPS) is 11.6. The van der Waals surface area contributed by atoms with Crippen LogP contribution in [0.2, 0.25) is 0 Å². The Morgan fingerprint density at radius 2 is 1.91 bits per heavy atom. The molecule has 0 aromatic heterocycles. The van der Waals surface area contributed by atoms with E-state index < -0.39 is 0 Å². The molecule has 0 radical (unpaired) electrons. The summed E-state index contributed by atoms with van der Waals surface area (Å²) in [4.78, 5) is 10.6. The second kappa shape index (κ2) is 4.01. The van der Waals surface area contributed by atoms with E-state index in [2.05, 4.69) is 31.4 Å². The summed E-state index contributed by atoms with van der Waals surface area (Å²) in [6.07, 6.45) is 3.58. The highest BCUT2D eigenvalue weighted by atomic mass is 16.2. The highest BCUT2D eigenvalue weighted by molar-refractivity contribution is 5.74. The first kappa shape index (κ1) is 10.0. The first-order valence-corrected chi connectivity index (χ1v) is 3.61. The number of allylic oxidation sites excluding steroid dienone is 1. The molecule has 0 heterocycles. The Hall–Kier alpha value is -0.990. The summed E-state index contributed by atoms with van der Waals surface area (Å²) in [5.41, 5.74) is 0.112. The van der Waals surface area contributed by atoms with Gasteiger partial charge in [-0.2, -0.15) is 0 Å². The van der Waals surface area contributed by atoms with Gasteiger partial charge < -0.3 is 10.6 Å². The van der Waals surface area contributed by atoms with Crippen LogP contribution in [0.25, 0.3) is 0 Å². The Labute approximate surface area is 67.9 Å². The first-order valence-electron chi connectivity index (χ1n) is 3.61. The third kappa shape index (κ3) is 6.90. The van der Waals surface area contributed by atoms with Crippen molar-refractivity contribution in [2.45, 2.75) is 20.8 Å². The minimum Gasteiger partial charge on any atom is -0.341 e. The second-order valence-corrected chi connectivity index (χ2v) is 3.42. The summed E-state index contributed by atoms with van der Waals surface area (Å²) in [5, 5.41) is 5.01. The zero-order valence-electron chi connectivity index (χ0n) is 7.56. The summed E-state index contributed by atoms with van der Waals surface area (Å²) < 4.78 is 0. The van der Waals surface area contributed by atoms with Gasteiger partial charge in [0.2, 0.25) is 0 Å². The predicted octanol–water partition coefficient (Wildman–Crippen LogP) is 1.48. The van der Waals surface area contributed by atoms with Crippen LogP contribution in [0, 0.1) is 5.41 Å². The number of urea groups is 1. The molecule has 64 valence electrons. The van der Waals surface area contributed by atoms with Gasteiger partial charge >= 0.3 is 6.03 Å².